The van der Waals surface area contributed by atoms with Crippen LogP contribution in [0.4, 0.5) is 0 Å². The van der Waals surface area contributed by atoms with E-state index in [2.05, 4.69) is 35.8 Å². The Kier molecular flexibility index (Phi) is 4.77. The molecule has 132 valence electrons. The molecule has 0 amide bonds. The maximum atomic E-state index is 12.4. The normalized spacial score (nSPS) is 12.4. The van der Waals surface area contributed by atoms with Crippen LogP contribution in [0.3, 0.4) is 0 Å². The molecule has 0 saturated heterocycles. The predicted molar refractivity (Wildman–Crippen MR) is 98.4 cm³/mol. The molecule has 3 aromatic rings. The molecular formula is C17H20N4O2S2. The Morgan fingerprint density at radius 1 is 1.16 bits per heavy atom. The van der Waals surface area contributed by atoms with Crippen molar-refractivity contribution in [3.05, 3.63) is 58.5 Å². The van der Waals surface area contributed by atoms with Crippen LogP contribution in [0.1, 0.15) is 32.0 Å². The Labute approximate surface area is 151 Å². The minimum Gasteiger partial charge on any atom is -0.220 e. The van der Waals surface area contributed by atoms with Gasteiger partial charge >= 0.3 is 0 Å². The number of benzene rings is 1. The molecule has 0 radical (unpaired) electrons. The second kappa shape index (κ2) is 6.70. The standard InChI is InChI=1S/C17H20N4O2S2/c1-17(2,3)13-4-6-16(7-5-13)25(22,23)18-10-14-11-21(20-19-14)15-8-9-24-12-15/h4-9,11-12,18H,10H2,1-3H3. The Morgan fingerprint density at radius 3 is 2.48 bits per heavy atom. The average molecular weight is 377 g/mol. The number of thiophene rings is 1. The number of hydrogen-bond acceptors (Lipinski definition) is 5. The fraction of sp³-hybridized carbons (Fsp3) is 0.294. The predicted octanol–water partition coefficient (Wildman–Crippen LogP) is 3.10. The van der Waals surface area contributed by atoms with Crippen LogP contribution >= 0.6 is 11.3 Å². The second-order valence-electron chi connectivity index (χ2n) is 6.73. The molecule has 0 spiro atoms. The summed E-state index contributed by atoms with van der Waals surface area (Å²) in [4.78, 5) is 0.241. The highest BCUT2D eigenvalue weighted by Gasteiger charge is 2.18. The first-order chi connectivity index (χ1) is 11.8. The number of nitrogens with zero attached hydrogens (tertiary/aromatic N) is 3. The molecule has 6 nitrogen and oxygen atoms in total. The number of hydrogen-bond donors (Lipinski definition) is 1. The lowest BCUT2D eigenvalue weighted by Crippen LogP contribution is -2.23. The van der Waals surface area contributed by atoms with E-state index in [-0.39, 0.29) is 16.9 Å². The van der Waals surface area contributed by atoms with Gasteiger partial charge in [0.15, 0.2) is 0 Å². The summed E-state index contributed by atoms with van der Waals surface area (Å²) >= 11 is 1.56. The third-order valence-corrected chi connectivity index (χ3v) is 5.87. The molecule has 0 fully saturated rings. The highest BCUT2D eigenvalue weighted by atomic mass is 32.2. The molecule has 0 atom stereocenters. The molecule has 0 aliphatic rings. The van der Waals surface area contributed by atoms with Crippen LogP contribution in [0.2, 0.25) is 0 Å². The zero-order chi connectivity index (χ0) is 18.1. The molecule has 25 heavy (non-hydrogen) atoms. The molecule has 0 aliphatic heterocycles. The number of rotatable bonds is 5. The summed E-state index contributed by atoms with van der Waals surface area (Å²) in [7, 11) is -3.59. The van der Waals surface area contributed by atoms with Crippen LogP contribution in [0.5, 0.6) is 0 Å². The minimum absolute atomic E-state index is 0.0180. The van der Waals surface area contributed by atoms with E-state index in [1.807, 2.05) is 29.0 Å². The fourth-order valence-corrected chi connectivity index (χ4v) is 3.90. The van der Waals surface area contributed by atoms with Crippen molar-refractivity contribution in [3.63, 3.8) is 0 Å². The fourth-order valence-electron chi connectivity index (χ4n) is 2.28. The molecule has 1 aromatic carbocycles. The lowest BCUT2D eigenvalue weighted by Gasteiger charge is -2.19. The van der Waals surface area contributed by atoms with Gasteiger partial charge in [0.25, 0.3) is 0 Å². The third kappa shape index (κ3) is 4.15. The van der Waals surface area contributed by atoms with E-state index in [9.17, 15) is 8.42 Å². The Morgan fingerprint density at radius 2 is 1.88 bits per heavy atom. The molecule has 0 saturated carbocycles. The van der Waals surface area contributed by atoms with Crippen LogP contribution in [-0.2, 0) is 22.0 Å². The van der Waals surface area contributed by atoms with Crippen LogP contribution < -0.4 is 4.72 Å². The van der Waals surface area contributed by atoms with E-state index in [4.69, 9.17) is 0 Å². The molecule has 0 bridgehead atoms. The molecule has 1 N–H and O–H groups in total. The zero-order valence-electron chi connectivity index (χ0n) is 14.3. The summed E-state index contributed by atoms with van der Waals surface area (Å²) in [5.41, 5.74) is 2.53. The van der Waals surface area contributed by atoms with Gasteiger partial charge < -0.3 is 0 Å². The van der Waals surface area contributed by atoms with Gasteiger partial charge in [-0.05, 0) is 34.6 Å². The van der Waals surface area contributed by atoms with E-state index in [0.29, 0.717) is 5.69 Å². The van der Waals surface area contributed by atoms with Crippen molar-refractivity contribution in [2.75, 3.05) is 0 Å². The maximum Gasteiger partial charge on any atom is 0.240 e. The topological polar surface area (TPSA) is 76.9 Å². The van der Waals surface area contributed by atoms with E-state index in [0.717, 1.165) is 11.3 Å². The van der Waals surface area contributed by atoms with Gasteiger partial charge in [-0.2, -0.15) is 11.3 Å². The van der Waals surface area contributed by atoms with Gasteiger partial charge in [0.05, 0.1) is 29.0 Å². The molecule has 2 heterocycles. The van der Waals surface area contributed by atoms with Crippen molar-refractivity contribution >= 4 is 21.4 Å². The highest BCUT2D eigenvalue weighted by molar-refractivity contribution is 7.89. The van der Waals surface area contributed by atoms with Crippen LogP contribution in [0.15, 0.2) is 52.2 Å². The van der Waals surface area contributed by atoms with Crippen molar-refractivity contribution < 1.29 is 8.42 Å². The van der Waals surface area contributed by atoms with Gasteiger partial charge in [-0.1, -0.05) is 38.1 Å². The lowest BCUT2D eigenvalue weighted by molar-refractivity contribution is 0.577. The number of sulfonamides is 1. The van der Waals surface area contributed by atoms with Crippen molar-refractivity contribution in [3.8, 4) is 5.69 Å². The first-order valence-electron chi connectivity index (χ1n) is 7.80. The summed E-state index contributed by atoms with van der Waals surface area (Å²) in [6.07, 6.45) is 1.72. The largest absolute Gasteiger partial charge is 0.240 e. The second-order valence-corrected chi connectivity index (χ2v) is 9.28. The number of aromatic nitrogens is 3. The Hall–Kier alpha value is -2.03. The maximum absolute atomic E-state index is 12.4. The van der Waals surface area contributed by atoms with Gasteiger partial charge in [-0.3, -0.25) is 0 Å². The van der Waals surface area contributed by atoms with Crippen molar-refractivity contribution in [2.45, 2.75) is 37.6 Å². The van der Waals surface area contributed by atoms with Crippen LogP contribution in [0, 0.1) is 0 Å². The summed E-state index contributed by atoms with van der Waals surface area (Å²) in [5, 5.41) is 11.9. The van der Waals surface area contributed by atoms with Gasteiger partial charge in [0.2, 0.25) is 10.0 Å². The molecule has 0 aliphatic carbocycles. The number of nitrogens with one attached hydrogen (secondary N) is 1. The van der Waals surface area contributed by atoms with E-state index < -0.39 is 10.0 Å². The zero-order valence-corrected chi connectivity index (χ0v) is 15.9. The Bertz CT molecular complexity index is 937. The van der Waals surface area contributed by atoms with Gasteiger partial charge in [0.1, 0.15) is 0 Å². The average Bonchev–Trinajstić information content (AvgIpc) is 3.23. The quantitative estimate of drug-likeness (QED) is 0.742. The molecule has 0 unspecified atom stereocenters. The van der Waals surface area contributed by atoms with E-state index in [1.54, 1.807) is 34.3 Å². The van der Waals surface area contributed by atoms with Gasteiger partial charge in [0, 0.05) is 5.38 Å². The third-order valence-electron chi connectivity index (χ3n) is 3.79. The monoisotopic (exact) mass is 376 g/mol. The Balaban J connectivity index is 1.70. The van der Waals surface area contributed by atoms with Crippen molar-refractivity contribution in [2.24, 2.45) is 0 Å². The summed E-state index contributed by atoms with van der Waals surface area (Å²) in [6, 6.07) is 8.88. The first kappa shape index (κ1) is 17.8. The smallest absolute Gasteiger partial charge is 0.220 e. The SMILES string of the molecule is CC(C)(C)c1ccc(S(=O)(=O)NCc2cn(-c3ccsc3)nn2)cc1. The highest BCUT2D eigenvalue weighted by Crippen LogP contribution is 2.23. The first-order valence-corrected chi connectivity index (χ1v) is 10.2. The molecule has 3 rings (SSSR count). The van der Waals surface area contributed by atoms with Crippen molar-refractivity contribution in [1.29, 1.82) is 0 Å². The van der Waals surface area contributed by atoms with E-state index in [1.165, 1.54) is 0 Å². The van der Waals surface area contributed by atoms with Crippen LogP contribution in [0.25, 0.3) is 5.69 Å². The van der Waals surface area contributed by atoms with Gasteiger partial charge in [-0.25, -0.2) is 17.8 Å². The lowest BCUT2D eigenvalue weighted by atomic mass is 9.87. The van der Waals surface area contributed by atoms with E-state index >= 15 is 0 Å². The summed E-state index contributed by atoms with van der Waals surface area (Å²) in [5.74, 6) is 0. The summed E-state index contributed by atoms with van der Waals surface area (Å²) < 4.78 is 29.1. The molecule has 8 heteroatoms. The van der Waals surface area contributed by atoms with Gasteiger partial charge in [-0.15, -0.1) is 5.10 Å². The molecular weight excluding hydrogens is 356 g/mol. The van der Waals surface area contributed by atoms with Crippen molar-refractivity contribution in [1.82, 2.24) is 19.7 Å². The molecule has 2 aromatic heterocycles. The van der Waals surface area contributed by atoms with Crippen LogP contribution in [-0.4, -0.2) is 23.4 Å². The summed E-state index contributed by atoms with van der Waals surface area (Å²) in [6.45, 7) is 6.36. The minimum atomic E-state index is -3.59.